The molecule has 1 saturated heterocycles. The standard InChI is InChI=1S/C22H24N4S/c1-22(2)12-16(8-9-23-22)21-24-19-7-5-15(11-20(19)27-21)14-4-6-18-17(10-14)13-26(3)25-18/h4-7,10-11,13,16,23H,8-9,12H2,1-3H3. The molecular weight excluding hydrogens is 352 g/mol. The first kappa shape index (κ1) is 16.9. The number of rotatable bonds is 2. The largest absolute Gasteiger partial charge is 0.312 e. The molecule has 1 fully saturated rings. The second-order valence-electron chi connectivity index (χ2n) is 8.31. The van der Waals surface area contributed by atoms with E-state index in [1.165, 1.54) is 32.6 Å². The number of piperidine rings is 1. The fourth-order valence-electron chi connectivity index (χ4n) is 4.21. The van der Waals surface area contributed by atoms with Crippen LogP contribution < -0.4 is 5.32 Å². The Hall–Kier alpha value is -2.24. The molecule has 3 heterocycles. The molecule has 0 spiro atoms. The summed E-state index contributed by atoms with van der Waals surface area (Å²) in [5.74, 6) is 0.564. The van der Waals surface area contributed by atoms with E-state index in [1.54, 1.807) is 0 Å². The van der Waals surface area contributed by atoms with E-state index < -0.39 is 0 Å². The minimum absolute atomic E-state index is 0.199. The number of fused-ring (bicyclic) bond motifs is 2. The number of hydrogen-bond acceptors (Lipinski definition) is 4. The lowest BCUT2D eigenvalue weighted by atomic mass is 9.85. The summed E-state index contributed by atoms with van der Waals surface area (Å²) in [4.78, 5) is 4.97. The predicted octanol–water partition coefficient (Wildman–Crippen LogP) is 5.10. The molecule has 2 aromatic carbocycles. The van der Waals surface area contributed by atoms with Crippen LogP contribution in [0.25, 0.3) is 32.2 Å². The maximum atomic E-state index is 4.97. The average Bonchev–Trinajstić information content (AvgIpc) is 3.21. The molecule has 0 saturated carbocycles. The van der Waals surface area contributed by atoms with E-state index >= 15 is 0 Å². The molecule has 27 heavy (non-hydrogen) atoms. The third-order valence-electron chi connectivity index (χ3n) is 5.56. The van der Waals surface area contributed by atoms with Gasteiger partial charge in [-0.15, -0.1) is 11.3 Å². The quantitative estimate of drug-likeness (QED) is 0.529. The van der Waals surface area contributed by atoms with Crippen molar-refractivity contribution in [2.75, 3.05) is 6.54 Å². The number of nitrogens with one attached hydrogen (secondary N) is 1. The highest BCUT2D eigenvalue weighted by atomic mass is 32.1. The van der Waals surface area contributed by atoms with Crippen molar-refractivity contribution < 1.29 is 0 Å². The molecule has 4 aromatic rings. The molecular formula is C22H24N4S. The van der Waals surface area contributed by atoms with E-state index in [0.717, 1.165) is 24.0 Å². The van der Waals surface area contributed by atoms with Crippen molar-refractivity contribution in [1.29, 1.82) is 0 Å². The van der Waals surface area contributed by atoms with E-state index in [2.05, 4.69) is 66.9 Å². The number of hydrogen-bond donors (Lipinski definition) is 1. The Morgan fingerprint density at radius 3 is 2.70 bits per heavy atom. The van der Waals surface area contributed by atoms with Crippen LogP contribution in [0, 0.1) is 0 Å². The highest BCUT2D eigenvalue weighted by molar-refractivity contribution is 7.18. The van der Waals surface area contributed by atoms with Gasteiger partial charge in [0.2, 0.25) is 0 Å². The van der Waals surface area contributed by atoms with Gasteiger partial charge in [-0.3, -0.25) is 4.68 Å². The van der Waals surface area contributed by atoms with Crippen LogP contribution in [0.3, 0.4) is 0 Å². The van der Waals surface area contributed by atoms with Crippen molar-refractivity contribution in [2.45, 2.75) is 38.1 Å². The molecule has 138 valence electrons. The van der Waals surface area contributed by atoms with Gasteiger partial charge in [-0.05, 0) is 68.6 Å². The Morgan fingerprint density at radius 2 is 1.89 bits per heavy atom. The van der Waals surface area contributed by atoms with Crippen molar-refractivity contribution in [3.8, 4) is 11.1 Å². The van der Waals surface area contributed by atoms with E-state index in [9.17, 15) is 0 Å². The first-order valence-electron chi connectivity index (χ1n) is 9.56. The fraction of sp³-hybridized carbons (Fsp3) is 0.364. The van der Waals surface area contributed by atoms with Crippen molar-refractivity contribution in [1.82, 2.24) is 20.1 Å². The predicted molar refractivity (Wildman–Crippen MR) is 113 cm³/mol. The zero-order valence-electron chi connectivity index (χ0n) is 16.0. The van der Waals surface area contributed by atoms with Gasteiger partial charge < -0.3 is 5.32 Å². The van der Waals surface area contributed by atoms with E-state index in [-0.39, 0.29) is 5.54 Å². The molecule has 1 aliphatic heterocycles. The second kappa shape index (κ2) is 6.14. The maximum absolute atomic E-state index is 4.97. The monoisotopic (exact) mass is 376 g/mol. The summed E-state index contributed by atoms with van der Waals surface area (Å²) in [6.07, 6.45) is 4.40. The van der Waals surface area contributed by atoms with Gasteiger partial charge in [0.1, 0.15) is 0 Å². The summed E-state index contributed by atoms with van der Waals surface area (Å²) in [5, 5.41) is 10.5. The van der Waals surface area contributed by atoms with Crippen molar-refractivity contribution in [2.24, 2.45) is 7.05 Å². The molecule has 1 atom stereocenters. The van der Waals surface area contributed by atoms with Gasteiger partial charge in [0.15, 0.2) is 0 Å². The maximum Gasteiger partial charge on any atom is 0.0970 e. The van der Waals surface area contributed by atoms with E-state index in [4.69, 9.17) is 4.98 Å². The SMILES string of the molecule is Cn1cc2cc(-c3ccc4nc(C5CCNC(C)(C)C5)sc4c3)ccc2n1. The lowest BCUT2D eigenvalue weighted by Crippen LogP contribution is -2.45. The minimum Gasteiger partial charge on any atom is -0.312 e. The normalized spacial score (nSPS) is 19.7. The first-order valence-corrected chi connectivity index (χ1v) is 10.4. The van der Waals surface area contributed by atoms with Crippen LogP contribution >= 0.6 is 11.3 Å². The molecule has 0 amide bonds. The molecule has 2 aromatic heterocycles. The van der Waals surface area contributed by atoms with Crippen LogP contribution in [0.2, 0.25) is 0 Å². The van der Waals surface area contributed by atoms with Crippen molar-refractivity contribution >= 4 is 32.5 Å². The molecule has 5 rings (SSSR count). The average molecular weight is 377 g/mol. The van der Waals surface area contributed by atoms with Crippen LogP contribution in [-0.4, -0.2) is 26.8 Å². The Morgan fingerprint density at radius 1 is 1.11 bits per heavy atom. The lowest BCUT2D eigenvalue weighted by molar-refractivity contribution is 0.275. The first-order chi connectivity index (χ1) is 13.0. The van der Waals surface area contributed by atoms with Crippen LogP contribution in [0.1, 0.15) is 37.6 Å². The van der Waals surface area contributed by atoms with E-state index in [1.807, 2.05) is 23.1 Å². The molecule has 5 heteroatoms. The van der Waals surface area contributed by atoms with Crippen LogP contribution in [-0.2, 0) is 7.05 Å². The molecule has 0 aliphatic carbocycles. The highest BCUT2D eigenvalue weighted by Gasteiger charge is 2.30. The number of aromatic nitrogens is 3. The molecule has 1 aliphatic rings. The van der Waals surface area contributed by atoms with Gasteiger partial charge in [-0.1, -0.05) is 12.1 Å². The molecule has 4 nitrogen and oxygen atoms in total. The molecule has 1 N–H and O–H groups in total. The summed E-state index contributed by atoms with van der Waals surface area (Å²) in [6.45, 7) is 5.66. The highest BCUT2D eigenvalue weighted by Crippen LogP contribution is 2.38. The summed E-state index contributed by atoms with van der Waals surface area (Å²) in [5.41, 5.74) is 4.84. The number of nitrogens with zero attached hydrogens (tertiary/aromatic N) is 3. The van der Waals surface area contributed by atoms with Crippen LogP contribution in [0.15, 0.2) is 42.6 Å². The van der Waals surface area contributed by atoms with Gasteiger partial charge in [-0.25, -0.2) is 4.98 Å². The topological polar surface area (TPSA) is 42.7 Å². The van der Waals surface area contributed by atoms with Gasteiger partial charge in [0, 0.05) is 30.1 Å². The van der Waals surface area contributed by atoms with Crippen molar-refractivity contribution in [3.63, 3.8) is 0 Å². The lowest BCUT2D eigenvalue weighted by Gasteiger charge is -2.35. The number of benzene rings is 2. The second-order valence-corrected chi connectivity index (χ2v) is 9.37. The zero-order valence-corrected chi connectivity index (χ0v) is 16.8. The van der Waals surface area contributed by atoms with E-state index in [0.29, 0.717) is 5.92 Å². The zero-order chi connectivity index (χ0) is 18.6. The molecule has 0 bridgehead atoms. The Labute approximate surface area is 163 Å². The third-order valence-corrected chi connectivity index (χ3v) is 6.74. The van der Waals surface area contributed by atoms with Crippen molar-refractivity contribution in [3.05, 3.63) is 47.6 Å². The smallest absolute Gasteiger partial charge is 0.0970 e. The Balaban J connectivity index is 1.51. The molecule has 0 radical (unpaired) electrons. The van der Waals surface area contributed by atoms with Gasteiger partial charge in [-0.2, -0.15) is 5.10 Å². The summed E-state index contributed by atoms with van der Waals surface area (Å²) >= 11 is 1.87. The number of aryl methyl sites for hydroxylation is 1. The van der Waals surface area contributed by atoms with Gasteiger partial charge in [0.25, 0.3) is 0 Å². The fourth-order valence-corrected chi connectivity index (χ4v) is 5.35. The summed E-state index contributed by atoms with van der Waals surface area (Å²) in [6, 6.07) is 13.1. The number of thiazole rings is 1. The summed E-state index contributed by atoms with van der Waals surface area (Å²) < 4.78 is 3.15. The van der Waals surface area contributed by atoms with Crippen LogP contribution in [0.4, 0.5) is 0 Å². The van der Waals surface area contributed by atoms with Gasteiger partial charge >= 0.3 is 0 Å². The minimum atomic E-state index is 0.199. The Bertz CT molecular complexity index is 1140. The summed E-state index contributed by atoms with van der Waals surface area (Å²) in [7, 11) is 1.96. The third kappa shape index (κ3) is 3.15. The molecule has 1 unspecified atom stereocenters. The Kier molecular flexibility index (Phi) is 3.85. The van der Waals surface area contributed by atoms with Gasteiger partial charge in [0.05, 0.1) is 20.7 Å². The van der Waals surface area contributed by atoms with Crippen LogP contribution in [0.5, 0.6) is 0 Å².